The smallest absolute Gasteiger partial charge is 0.360 e. The number of nitriles is 1. The van der Waals surface area contributed by atoms with E-state index in [0.717, 1.165) is 23.5 Å². The molecule has 1 heterocycles. The van der Waals surface area contributed by atoms with Crippen molar-refractivity contribution in [1.82, 2.24) is 4.98 Å². The average molecular weight is 451 g/mol. The summed E-state index contributed by atoms with van der Waals surface area (Å²) in [6, 6.07) is 11.1. The molecule has 30 heavy (non-hydrogen) atoms. The van der Waals surface area contributed by atoms with Crippen molar-refractivity contribution in [3.63, 3.8) is 0 Å². The van der Waals surface area contributed by atoms with Gasteiger partial charge in [0.25, 0.3) is 5.69 Å². The van der Waals surface area contributed by atoms with E-state index >= 15 is 0 Å². The maximum Gasteiger partial charge on any atom is 0.417 e. The van der Waals surface area contributed by atoms with Crippen LogP contribution in [0, 0.1) is 21.4 Å². The van der Waals surface area contributed by atoms with Gasteiger partial charge in [-0.1, -0.05) is 23.7 Å². The van der Waals surface area contributed by atoms with Gasteiger partial charge < -0.3 is 5.32 Å². The maximum absolute atomic E-state index is 13.0. The first-order chi connectivity index (χ1) is 14.2. The highest BCUT2D eigenvalue weighted by Crippen LogP contribution is 2.36. The first-order valence-electron chi connectivity index (χ1n) is 8.13. The second kappa shape index (κ2) is 8.52. The molecule has 0 fully saturated rings. The van der Waals surface area contributed by atoms with Gasteiger partial charge in [0.05, 0.1) is 21.2 Å². The molecular formula is C19H10ClF3N4O2S. The highest BCUT2D eigenvalue weighted by Gasteiger charge is 2.33. The number of anilines is 1. The van der Waals surface area contributed by atoms with Crippen LogP contribution in [0.15, 0.2) is 54.0 Å². The van der Waals surface area contributed by atoms with E-state index in [0.29, 0.717) is 16.3 Å². The van der Waals surface area contributed by atoms with Gasteiger partial charge in [0.15, 0.2) is 0 Å². The molecule has 0 atom stereocenters. The van der Waals surface area contributed by atoms with Crippen molar-refractivity contribution in [2.75, 3.05) is 5.32 Å². The van der Waals surface area contributed by atoms with Gasteiger partial charge in [0.2, 0.25) is 0 Å². The molecule has 152 valence electrons. The molecular weight excluding hydrogens is 441 g/mol. The standard InChI is InChI=1S/C19H10ClF3N4O2S/c20-16-5-4-13(7-15(16)19(21,22)23)25-9-12(8-24)18-26-17(10-30-18)11-2-1-3-14(6-11)27(28)29/h1-7,9-10,25H/b12-9-. The number of benzene rings is 2. The summed E-state index contributed by atoms with van der Waals surface area (Å²) >= 11 is 6.72. The van der Waals surface area contributed by atoms with E-state index in [9.17, 15) is 28.5 Å². The Morgan fingerprint density at radius 2 is 2.07 bits per heavy atom. The van der Waals surface area contributed by atoms with E-state index in [4.69, 9.17) is 11.6 Å². The molecule has 0 saturated heterocycles. The summed E-state index contributed by atoms with van der Waals surface area (Å²) in [7, 11) is 0. The van der Waals surface area contributed by atoms with Gasteiger partial charge in [-0.15, -0.1) is 11.3 Å². The number of nitro benzene ring substituents is 1. The predicted octanol–water partition coefficient (Wildman–Crippen LogP) is 6.37. The Balaban J connectivity index is 1.86. The Bertz CT molecular complexity index is 1190. The van der Waals surface area contributed by atoms with Crippen LogP contribution >= 0.6 is 22.9 Å². The van der Waals surface area contributed by atoms with E-state index in [2.05, 4.69) is 10.3 Å². The molecule has 0 radical (unpaired) electrons. The van der Waals surface area contributed by atoms with Gasteiger partial charge >= 0.3 is 6.18 Å². The van der Waals surface area contributed by atoms with E-state index in [-0.39, 0.29) is 16.9 Å². The zero-order chi connectivity index (χ0) is 21.9. The van der Waals surface area contributed by atoms with Gasteiger partial charge in [0.1, 0.15) is 16.6 Å². The Morgan fingerprint density at radius 3 is 2.73 bits per heavy atom. The molecule has 0 aliphatic carbocycles. The van der Waals surface area contributed by atoms with E-state index in [1.54, 1.807) is 11.4 Å². The average Bonchev–Trinajstić information content (AvgIpc) is 3.19. The quantitative estimate of drug-likeness (QED) is 0.277. The normalized spacial score (nSPS) is 11.8. The lowest BCUT2D eigenvalue weighted by atomic mass is 10.1. The fraction of sp³-hybridized carbons (Fsp3) is 0.0526. The molecule has 0 amide bonds. The zero-order valence-corrected chi connectivity index (χ0v) is 16.3. The summed E-state index contributed by atoms with van der Waals surface area (Å²) in [5, 5.41) is 24.5. The van der Waals surface area contributed by atoms with E-state index in [1.165, 1.54) is 30.5 Å². The minimum Gasteiger partial charge on any atom is -0.360 e. The van der Waals surface area contributed by atoms with Gasteiger partial charge in [0, 0.05) is 35.0 Å². The molecule has 1 aromatic heterocycles. The van der Waals surface area contributed by atoms with Crippen LogP contribution < -0.4 is 5.32 Å². The van der Waals surface area contributed by atoms with Crippen LogP contribution in [0.5, 0.6) is 0 Å². The molecule has 0 saturated carbocycles. The molecule has 3 rings (SSSR count). The topological polar surface area (TPSA) is 91.8 Å². The second-order valence-corrected chi connectivity index (χ2v) is 7.12. The van der Waals surface area contributed by atoms with E-state index < -0.39 is 21.7 Å². The number of allylic oxidation sites excluding steroid dienone is 1. The molecule has 0 aliphatic rings. The maximum atomic E-state index is 13.0. The van der Waals surface area contributed by atoms with Crippen LogP contribution in [-0.2, 0) is 6.18 Å². The van der Waals surface area contributed by atoms with Crippen molar-refractivity contribution >= 4 is 39.9 Å². The number of rotatable bonds is 5. The number of alkyl halides is 3. The minimum absolute atomic E-state index is 0.0835. The number of nitrogens with zero attached hydrogens (tertiary/aromatic N) is 3. The number of halogens is 4. The van der Waals surface area contributed by atoms with Crippen LogP contribution in [-0.4, -0.2) is 9.91 Å². The van der Waals surface area contributed by atoms with Crippen molar-refractivity contribution in [3.8, 4) is 17.3 Å². The zero-order valence-electron chi connectivity index (χ0n) is 14.8. The summed E-state index contributed by atoms with van der Waals surface area (Å²) in [6.07, 6.45) is -3.38. The first-order valence-corrected chi connectivity index (χ1v) is 9.39. The number of aromatic nitrogens is 1. The lowest BCUT2D eigenvalue weighted by Gasteiger charge is -2.10. The fourth-order valence-electron chi connectivity index (χ4n) is 2.44. The monoisotopic (exact) mass is 450 g/mol. The molecule has 0 unspecified atom stereocenters. The number of nitrogens with one attached hydrogen (secondary N) is 1. The largest absolute Gasteiger partial charge is 0.417 e. The van der Waals surface area contributed by atoms with Crippen molar-refractivity contribution in [2.24, 2.45) is 0 Å². The Hall–Kier alpha value is -3.42. The van der Waals surface area contributed by atoms with Crippen LogP contribution in [0.2, 0.25) is 5.02 Å². The summed E-state index contributed by atoms with van der Waals surface area (Å²) in [6.45, 7) is 0. The van der Waals surface area contributed by atoms with Crippen LogP contribution in [0.4, 0.5) is 24.5 Å². The molecule has 0 aliphatic heterocycles. The SMILES string of the molecule is N#C/C(=C/Nc1ccc(Cl)c(C(F)(F)F)c1)c1nc(-c2cccc([N+](=O)[O-])c2)cs1. The Kier molecular flexibility index (Phi) is 6.05. The predicted molar refractivity (Wildman–Crippen MR) is 108 cm³/mol. The summed E-state index contributed by atoms with van der Waals surface area (Å²) in [5.41, 5.74) is 0.0246. The van der Waals surface area contributed by atoms with Crippen LogP contribution in [0.3, 0.4) is 0 Å². The molecule has 2 aromatic carbocycles. The van der Waals surface area contributed by atoms with Crippen LogP contribution in [0.25, 0.3) is 16.8 Å². The summed E-state index contributed by atoms with van der Waals surface area (Å²) in [4.78, 5) is 14.7. The number of nitro groups is 1. The molecule has 3 aromatic rings. The molecule has 6 nitrogen and oxygen atoms in total. The second-order valence-electron chi connectivity index (χ2n) is 5.85. The molecule has 0 spiro atoms. The van der Waals surface area contributed by atoms with Gasteiger partial charge in [-0.3, -0.25) is 10.1 Å². The first kappa shape index (κ1) is 21.3. The van der Waals surface area contributed by atoms with Gasteiger partial charge in [-0.25, -0.2) is 4.98 Å². The molecule has 11 heteroatoms. The number of hydrogen-bond acceptors (Lipinski definition) is 6. The number of hydrogen-bond donors (Lipinski definition) is 1. The van der Waals surface area contributed by atoms with Crippen molar-refractivity contribution in [3.05, 3.63) is 79.8 Å². The van der Waals surface area contributed by atoms with Crippen LogP contribution in [0.1, 0.15) is 10.6 Å². The third-order valence-electron chi connectivity index (χ3n) is 3.86. The van der Waals surface area contributed by atoms with Gasteiger partial charge in [-0.2, -0.15) is 18.4 Å². The van der Waals surface area contributed by atoms with Crippen molar-refractivity contribution in [2.45, 2.75) is 6.18 Å². The third kappa shape index (κ3) is 4.76. The minimum atomic E-state index is -4.61. The van der Waals surface area contributed by atoms with Crippen molar-refractivity contribution < 1.29 is 18.1 Å². The third-order valence-corrected chi connectivity index (χ3v) is 5.07. The van der Waals surface area contributed by atoms with Gasteiger partial charge in [-0.05, 0) is 18.2 Å². The molecule has 0 bridgehead atoms. The van der Waals surface area contributed by atoms with E-state index in [1.807, 2.05) is 6.07 Å². The fourth-order valence-corrected chi connectivity index (χ4v) is 3.46. The van der Waals surface area contributed by atoms with Crippen molar-refractivity contribution in [1.29, 1.82) is 5.26 Å². The highest BCUT2D eigenvalue weighted by molar-refractivity contribution is 7.11. The number of thiazole rings is 1. The number of non-ortho nitro benzene ring substituents is 1. The Morgan fingerprint density at radius 1 is 1.30 bits per heavy atom. The summed E-state index contributed by atoms with van der Waals surface area (Å²) in [5.74, 6) is 0. The lowest BCUT2D eigenvalue weighted by Crippen LogP contribution is -2.06. The summed E-state index contributed by atoms with van der Waals surface area (Å²) < 4.78 is 38.9. The molecule has 1 N–H and O–H groups in total. The Labute approximate surface area is 177 Å². The highest BCUT2D eigenvalue weighted by atomic mass is 35.5. The lowest BCUT2D eigenvalue weighted by molar-refractivity contribution is -0.384.